The standard InChI is InChI=1S/C24H32O7/c1-23(2,3)30-21(27)17-13-11-9-7-8-10-12(11)14(16-15(13)19(25)29-20(16)26)18(17)22(28)31-24(4,5)6/h13-18H,7-10H2,1-6H3. The van der Waals surface area contributed by atoms with Crippen LogP contribution in [0.5, 0.6) is 0 Å². The van der Waals surface area contributed by atoms with Crippen molar-refractivity contribution in [3.63, 3.8) is 0 Å². The van der Waals surface area contributed by atoms with E-state index in [9.17, 15) is 19.2 Å². The van der Waals surface area contributed by atoms with Crippen LogP contribution >= 0.6 is 0 Å². The van der Waals surface area contributed by atoms with Crippen LogP contribution < -0.4 is 0 Å². The lowest BCUT2D eigenvalue weighted by atomic mass is 9.47. The summed E-state index contributed by atoms with van der Waals surface area (Å²) in [6.45, 7) is 10.6. The number of carbonyl (C=O) groups excluding carboxylic acids is 4. The molecule has 7 heteroatoms. The number of allylic oxidation sites excluding steroid dienone is 2. The van der Waals surface area contributed by atoms with Crippen molar-refractivity contribution in [1.82, 2.24) is 0 Å². The molecule has 0 N–H and O–H groups in total. The maximum atomic E-state index is 13.4. The van der Waals surface area contributed by atoms with Crippen LogP contribution in [0.2, 0.25) is 0 Å². The first-order valence-electron chi connectivity index (χ1n) is 11.2. The van der Waals surface area contributed by atoms with Crippen molar-refractivity contribution in [2.45, 2.75) is 78.4 Å². The van der Waals surface area contributed by atoms with E-state index in [1.165, 1.54) is 0 Å². The van der Waals surface area contributed by atoms with E-state index in [0.29, 0.717) is 0 Å². The van der Waals surface area contributed by atoms with Gasteiger partial charge in [0.1, 0.15) is 11.2 Å². The number of cyclic esters (lactones) is 2. The maximum absolute atomic E-state index is 13.4. The lowest BCUT2D eigenvalue weighted by Crippen LogP contribution is -2.59. The topological polar surface area (TPSA) is 96.0 Å². The highest BCUT2D eigenvalue weighted by Gasteiger charge is 2.69. The maximum Gasteiger partial charge on any atom is 0.318 e. The molecule has 0 aromatic rings. The third-order valence-corrected chi connectivity index (χ3v) is 6.78. The largest absolute Gasteiger partial charge is 0.460 e. The minimum Gasteiger partial charge on any atom is -0.460 e. The first-order chi connectivity index (χ1) is 14.3. The van der Waals surface area contributed by atoms with E-state index in [1.54, 1.807) is 41.5 Å². The van der Waals surface area contributed by atoms with E-state index in [1.807, 2.05) is 0 Å². The Balaban J connectivity index is 1.86. The van der Waals surface area contributed by atoms with E-state index in [-0.39, 0.29) is 0 Å². The second-order valence-corrected chi connectivity index (χ2v) is 11.2. The summed E-state index contributed by atoms with van der Waals surface area (Å²) < 4.78 is 16.5. The Morgan fingerprint density at radius 2 is 1.06 bits per heavy atom. The van der Waals surface area contributed by atoms with Crippen molar-refractivity contribution < 1.29 is 33.4 Å². The first kappa shape index (κ1) is 22.0. The van der Waals surface area contributed by atoms with Crippen molar-refractivity contribution in [3.05, 3.63) is 11.1 Å². The van der Waals surface area contributed by atoms with Crippen LogP contribution in [0.1, 0.15) is 67.2 Å². The molecule has 2 bridgehead atoms. The molecule has 6 atom stereocenters. The highest BCUT2D eigenvalue weighted by molar-refractivity contribution is 6.00. The molecule has 0 amide bonds. The van der Waals surface area contributed by atoms with Gasteiger partial charge in [0.2, 0.25) is 0 Å². The third kappa shape index (κ3) is 3.70. The van der Waals surface area contributed by atoms with Gasteiger partial charge in [-0.25, -0.2) is 0 Å². The molecule has 1 saturated carbocycles. The SMILES string of the molecule is CC(C)(C)OC(=O)C1C(C(=O)OC(C)(C)C)C2C3=C(CCCC3)C1C1C(=O)OC(=O)C12. The number of ether oxygens (including phenoxy) is 3. The zero-order chi connectivity index (χ0) is 22.9. The molecule has 0 spiro atoms. The molecule has 1 saturated heterocycles. The summed E-state index contributed by atoms with van der Waals surface area (Å²) in [6.07, 6.45) is 3.45. The molecule has 0 aromatic carbocycles. The van der Waals surface area contributed by atoms with Crippen molar-refractivity contribution in [2.75, 3.05) is 0 Å². The Kier molecular flexibility index (Phi) is 5.10. The van der Waals surface area contributed by atoms with E-state index in [0.717, 1.165) is 36.8 Å². The van der Waals surface area contributed by atoms with Gasteiger partial charge < -0.3 is 14.2 Å². The normalized spacial score (nSPS) is 34.8. The average Bonchev–Trinajstić information content (AvgIpc) is 2.93. The van der Waals surface area contributed by atoms with Gasteiger partial charge in [-0.05, 0) is 67.2 Å². The molecule has 170 valence electrons. The fourth-order valence-electron chi connectivity index (χ4n) is 6.07. The zero-order valence-electron chi connectivity index (χ0n) is 19.2. The van der Waals surface area contributed by atoms with Crippen molar-refractivity contribution in [3.8, 4) is 0 Å². The molecule has 2 fully saturated rings. The summed E-state index contributed by atoms with van der Waals surface area (Å²) in [5.41, 5.74) is 0.614. The van der Waals surface area contributed by atoms with Gasteiger partial charge in [0, 0.05) is 11.8 Å². The Morgan fingerprint density at radius 1 is 0.710 bits per heavy atom. The fraction of sp³-hybridized carbons (Fsp3) is 0.750. The number of esters is 4. The minimum atomic E-state index is -0.865. The van der Waals surface area contributed by atoms with Crippen LogP contribution in [0.15, 0.2) is 11.1 Å². The quantitative estimate of drug-likeness (QED) is 0.286. The van der Waals surface area contributed by atoms with Gasteiger partial charge >= 0.3 is 23.9 Å². The summed E-state index contributed by atoms with van der Waals surface area (Å²) in [5.74, 6) is -6.51. The zero-order valence-corrected chi connectivity index (χ0v) is 19.2. The van der Waals surface area contributed by atoms with Gasteiger partial charge in [-0.1, -0.05) is 11.1 Å². The average molecular weight is 433 g/mol. The van der Waals surface area contributed by atoms with Crippen molar-refractivity contribution in [2.24, 2.45) is 35.5 Å². The molecule has 6 unspecified atom stereocenters. The van der Waals surface area contributed by atoms with Crippen molar-refractivity contribution >= 4 is 23.9 Å². The van der Waals surface area contributed by atoms with Crippen molar-refractivity contribution in [1.29, 1.82) is 0 Å². The molecule has 31 heavy (non-hydrogen) atoms. The molecule has 7 nitrogen and oxygen atoms in total. The summed E-state index contributed by atoms with van der Waals surface area (Å²) in [6, 6.07) is 0. The number of rotatable bonds is 2. The van der Waals surface area contributed by atoms with Crippen LogP contribution in [-0.2, 0) is 33.4 Å². The predicted octanol–water partition coefficient (Wildman–Crippen LogP) is 3.35. The van der Waals surface area contributed by atoms with Gasteiger partial charge in [-0.3, -0.25) is 19.2 Å². The Morgan fingerprint density at radius 3 is 1.39 bits per heavy atom. The molecule has 1 heterocycles. The van der Waals surface area contributed by atoms with E-state index in [2.05, 4.69) is 0 Å². The van der Waals surface area contributed by atoms with Gasteiger partial charge in [-0.15, -0.1) is 0 Å². The van der Waals surface area contributed by atoms with Gasteiger partial charge in [-0.2, -0.15) is 0 Å². The molecular weight excluding hydrogens is 400 g/mol. The monoisotopic (exact) mass is 432 g/mol. The molecule has 0 aromatic heterocycles. The number of carbonyl (C=O) groups is 4. The number of hydrogen-bond donors (Lipinski definition) is 0. The molecule has 5 rings (SSSR count). The molecule has 4 aliphatic carbocycles. The first-order valence-corrected chi connectivity index (χ1v) is 11.2. The van der Waals surface area contributed by atoms with Gasteiger partial charge in [0.15, 0.2) is 0 Å². The van der Waals surface area contributed by atoms with E-state index < -0.39 is 70.6 Å². The fourth-order valence-corrected chi connectivity index (χ4v) is 6.07. The van der Waals surface area contributed by atoms with Crippen LogP contribution in [-0.4, -0.2) is 35.1 Å². The van der Waals surface area contributed by atoms with Crippen LogP contribution in [0.4, 0.5) is 0 Å². The Bertz CT molecular complexity index is 799. The van der Waals surface area contributed by atoms with E-state index >= 15 is 0 Å². The van der Waals surface area contributed by atoms with Gasteiger partial charge in [0.25, 0.3) is 0 Å². The lowest BCUT2D eigenvalue weighted by Gasteiger charge is -2.54. The second kappa shape index (κ2) is 7.17. The number of fused-ring (bicyclic) bond motifs is 1. The van der Waals surface area contributed by atoms with Gasteiger partial charge in [0.05, 0.1) is 23.7 Å². The highest BCUT2D eigenvalue weighted by Crippen LogP contribution is 2.63. The molecule has 0 radical (unpaired) electrons. The smallest absolute Gasteiger partial charge is 0.318 e. The van der Waals surface area contributed by atoms with Crippen LogP contribution in [0, 0.1) is 35.5 Å². The number of hydrogen-bond acceptors (Lipinski definition) is 7. The molecular formula is C24H32O7. The summed E-state index contributed by atoms with van der Waals surface area (Å²) >= 11 is 0. The second-order valence-electron chi connectivity index (χ2n) is 11.2. The molecule has 5 aliphatic rings. The predicted molar refractivity (Wildman–Crippen MR) is 109 cm³/mol. The summed E-state index contributed by atoms with van der Waals surface area (Å²) in [5, 5.41) is 0. The van der Waals surface area contributed by atoms with Crippen LogP contribution in [0.3, 0.4) is 0 Å². The summed E-state index contributed by atoms with van der Waals surface area (Å²) in [4.78, 5) is 52.3. The van der Waals surface area contributed by atoms with Crippen LogP contribution in [0.25, 0.3) is 0 Å². The Hall–Kier alpha value is -2.18. The highest BCUT2D eigenvalue weighted by atomic mass is 16.6. The van der Waals surface area contributed by atoms with E-state index in [4.69, 9.17) is 14.2 Å². The lowest BCUT2D eigenvalue weighted by molar-refractivity contribution is -0.186. The molecule has 1 aliphatic heterocycles. The third-order valence-electron chi connectivity index (χ3n) is 6.78. The summed E-state index contributed by atoms with van der Waals surface area (Å²) in [7, 11) is 0. The Labute approximate surface area is 182 Å². The minimum absolute atomic E-state index is 0.513.